The van der Waals surface area contributed by atoms with E-state index in [0.29, 0.717) is 0 Å². The smallest absolute Gasteiger partial charge is 0.0247 e. The maximum Gasteiger partial charge on any atom is 0.0247 e. The lowest BCUT2D eigenvalue weighted by atomic mass is 10.4. The first kappa shape index (κ1) is 11.9. The van der Waals surface area contributed by atoms with Gasteiger partial charge < -0.3 is 0 Å². The zero-order valence-electron chi connectivity index (χ0n) is 8.48. The first-order valence-corrected chi connectivity index (χ1v) is 6.74. The quantitative estimate of drug-likeness (QED) is 0.638. The second-order valence-electron chi connectivity index (χ2n) is 3.05. The SMILES string of the molecule is SN(Sc1ccccc1)Sc1ccccc1. The molecule has 82 valence electrons. The number of hydrogen-bond donors (Lipinski definition) is 1. The molecule has 0 aromatic heterocycles. The molecule has 0 N–H and O–H groups in total. The fourth-order valence-electron chi connectivity index (χ4n) is 1.16. The van der Waals surface area contributed by atoms with Crippen molar-refractivity contribution in [2.75, 3.05) is 0 Å². The fraction of sp³-hybridized carbons (Fsp3) is 0. The van der Waals surface area contributed by atoms with Crippen LogP contribution in [0, 0.1) is 0 Å². The van der Waals surface area contributed by atoms with Gasteiger partial charge in [0.2, 0.25) is 0 Å². The molecule has 1 nitrogen and oxygen atoms in total. The second-order valence-corrected chi connectivity index (χ2v) is 6.26. The normalized spacial score (nSPS) is 10.6. The zero-order valence-corrected chi connectivity index (χ0v) is 11.0. The lowest BCUT2D eigenvalue weighted by Crippen LogP contribution is -1.88. The van der Waals surface area contributed by atoms with E-state index in [2.05, 4.69) is 37.1 Å². The highest BCUT2D eigenvalue weighted by Crippen LogP contribution is 2.35. The van der Waals surface area contributed by atoms with Crippen molar-refractivity contribution in [3.8, 4) is 0 Å². The molecule has 0 atom stereocenters. The molecule has 0 fully saturated rings. The van der Waals surface area contributed by atoms with Gasteiger partial charge in [-0.1, -0.05) is 49.2 Å². The minimum Gasteiger partial charge on any atom is -0.131 e. The van der Waals surface area contributed by atoms with Gasteiger partial charge in [0.1, 0.15) is 0 Å². The maximum absolute atomic E-state index is 4.41. The molecule has 0 spiro atoms. The summed E-state index contributed by atoms with van der Waals surface area (Å²) in [4.78, 5) is 2.36. The maximum atomic E-state index is 4.41. The van der Waals surface area contributed by atoms with Crippen LogP contribution in [0.4, 0.5) is 0 Å². The molecule has 16 heavy (non-hydrogen) atoms. The van der Waals surface area contributed by atoms with Gasteiger partial charge in [0.15, 0.2) is 0 Å². The molecule has 0 unspecified atom stereocenters. The number of hydrogen-bond acceptors (Lipinski definition) is 4. The molecule has 2 aromatic carbocycles. The molecule has 0 amide bonds. The van der Waals surface area contributed by atoms with E-state index in [1.54, 1.807) is 23.9 Å². The summed E-state index contributed by atoms with van der Waals surface area (Å²) in [5, 5.41) is 0. The summed E-state index contributed by atoms with van der Waals surface area (Å²) in [7, 11) is 0. The Kier molecular flexibility index (Phi) is 4.66. The molecule has 0 heterocycles. The molecular weight excluding hydrogens is 254 g/mol. The van der Waals surface area contributed by atoms with Crippen molar-refractivity contribution in [1.29, 1.82) is 0 Å². The van der Waals surface area contributed by atoms with Crippen LogP contribution in [0.1, 0.15) is 0 Å². The molecule has 0 bridgehead atoms. The Bertz CT molecular complexity index is 377. The largest absolute Gasteiger partial charge is 0.131 e. The molecule has 0 saturated carbocycles. The van der Waals surface area contributed by atoms with Crippen LogP contribution in [-0.2, 0) is 0 Å². The van der Waals surface area contributed by atoms with E-state index in [1.807, 2.05) is 39.5 Å². The van der Waals surface area contributed by atoms with Gasteiger partial charge in [-0.3, -0.25) is 0 Å². The van der Waals surface area contributed by atoms with Crippen LogP contribution in [0.15, 0.2) is 70.5 Å². The highest BCUT2D eigenvalue weighted by molar-refractivity contribution is 8.21. The lowest BCUT2D eigenvalue weighted by Gasteiger charge is -2.12. The van der Waals surface area contributed by atoms with Crippen LogP contribution in [0.5, 0.6) is 0 Å². The van der Waals surface area contributed by atoms with E-state index in [9.17, 15) is 0 Å². The molecule has 2 aromatic rings. The Morgan fingerprint density at radius 3 is 1.44 bits per heavy atom. The van der Waals surface area contributed by atoms with Gasteiger partial charge in [0.25, 0.3) is 0 Å². The van der Waals surface area contributed by atoms with Crippen LogP contribution in [-0.4, -0.2) is 3.12 Å². The van der Waals surface area contributed by atoms with Crippen molar-refractivity contribution in [2.24, 2.45) is 0 Å². The Morgan fingerprint density at radius 2 is 1.06 bits per heavy atom. The summed E-state index contributed by atoms with van der Waals surface area (Å²) in [5.74, 6) is 0. The van der Waals surface area contributed by atoms with Gasteiger partial charge in [-0.25, -0.2) is 0 Å². The van der Waals surface area contributed by atoms with Crippen molar-refractivity contribution >= 4 is 36.7 Å². The second kappa shape index (κ2) is 6.25. The van der Waals surface area contributed by atoms with Gasteiger partial charge in [-0.15, -0.1) is 3.12 Å². The molecular formula is C12H11NS3. The number of thiol groups is 1. The fourth-order valence-corrected chi connectivity index (χ4v) is 3.31. The van der Waals surface area contributed by atoms with Gasteiger partial charge in [-0.05, 0) is 48.2 Å². The standard InChI is InChI=1S/C12H11NS3/c14-13(15-11-7-3-1-4-8-11)16-12-9-5-2-6-10-12/h1-10,14H. The number of benzene rings is 2. The van der Waals surface area contributed by atoms with E-state index in [4.69, 9.17) is 0 Å². The minimum atomic E-state index is 1.18. The summed E-state index contributed by atoms with van der Waals surface area (Å²) >= 11 is 7.61. The molecule has 0 saturated heterocycles. The van der Waals surface area contributed by atoms with Gasteiger partial charge in [0, 0.05) is 9.79 Å². The summed E-state index contributed by atoms with van der Waals surface area (Å²) < 4.78 is 1.85. The van der Waals surface area contributed by atoms with Crippen molar-refractivity contribution in [1.82, 2.24) is 3.12 Å². The summed E-state index contributed by atoms with van der Waals surface area (Å²) in [6.45, 7) is 0. The summed E-state index contributed by atoms with van der Waals surface area (Å²) in [5.41, 5.74) is 0. The van der Waals surface area contributed by atoms with Crippen LogP contribution < -0.4 is 0 Å². The third-order valence-corrected chi connectivity index (χ3v) is 4.07. The number of nitrogens with zero attached hydrogens (tertiary/aromatic N) is 1. The highest BCUT2D eigenvalue weighted by atomic mass is 32.3. The van der Waals surface area contributed by atoms with Crippen molar-refractivity contribution in [3.63, 3.8) is 0 Å². The monoisotopic (exact) mass is 265 g/mol. The predicted molar refractivity (Wildman–Crippen MR) is 75.4 cm³/mol. The van der Waals surface area contributed by atoms with Crippen LogP contribution in [0.25, 0.3) is 0 Å². The van der Waals surface area contributed by atoms with E-state index >= 15 is 0 Å². The van der Waals surface area contributed by atoms with Crippen LogP contribution in [0.3, 0.4) is 0 Å². The first-order valence-electron chi connectivity index (χ1n) is 4.79. The zero-order chi connectivity index (χ0) is 11.2. The Morgan fingerprint density at radius 1 is 0.688 bits per heavy atom. The Labute approximate surface area is 110 Å². The van der Waals surface area contributed by atoms with Gasteiger partial charge in [0.05, 0.1) is 0 Å². The highest BCUT2D eigenvalue weighted by Gasteiger charge is 2.03. The average molecular weight is 265 g/mol. The minimum absolute atomic E-state index is 1.18. The van der Waals surface area contributed by atoms with Gasteiger partial charge >= 0.3 is 0 Å². The van der Waals surface area contributed by atoms with Crippen molar-refractivity contribution in [3.05, 3.63) is 60.7 Å². The van der Waals surface area contributed by atoms with Crippen molar-refractivity contribution in [2.45, 2.75) is 9.79 Å². The summed E-state index contributed by atoms with van der Waals surface area (Å²) in [6.07, 6.45) is 0. The third-order valence-electron chi connectivity index (χ3n) is 1.85. The van der Waals surface area contributed by atoms with E-state index in [1.165, 1.54) is 9.79 Å². The Hall–Kier alpha value is -0.550. The lowest BCUT2D eigenvalue weighted by molar-refractivity contribution is 1.25. The van der Waals surface area contributed by atoms with Crippen LogP contribution in [0.2, 0.25) is 0 Å². The molecule has 0 radical (unpaired) electrons. The van der Waals surface area contributed by atoms with Crippen molar-refractivity contribution < 1.29 is 0 Å². The van der Waals surface area contributed by atoms with E-state index in [0.717, 1.165) is 0 Å². The Balaban J connectivity index is 1.92. The molecule has 2 rings (SSSR count). The van der Waals surface area contributed by atoms with Crippen LogP contribution >= 0.6 is 36.7 Å². The molecule has 0 aliphatic carbocycles. The molecule has 4 heteroatoms. The average Bonchev–Trinajstić information content (AvgIpc) is 2.31. The third kappa shape index (κ3) is 3.79. The predicted octanol–water partition coefficient (Wildman–Crippen LogP) is 4.55. The van der Waals surface area contributed by atoms with Gasteiger partial charge in [-0.2, -0.15) is 0 Å². The van der Waals surface area contributed by atoms with E-state index in [-0.39, 0.29) is 0 Å². The molecule has 0 aliphatic rings. The first-order chi connectivity index (χ1) is 7.84. The molecule has 0 aliphatic heterocycles. The van der Waals surface area contributed by atoms with E-state index < -0.39 is 0 Å². The summed E-state index contributed by atoms with van der Waals surface area (Å²) in [6, 6.07) is 20.4. The number of rotatable bonds is 4. The topological polar surface area (TPSA) is 3.24 Å².